The smallest absolute Gasteiger partial charge is 0.420 e. The molecule has 2 bridgehead atoms. The number of nitrogens with zero attached hydrogens (tertiary/aromatic N) is 6. The highest BCUT2D eigenvalue weighted by Gasteiger charge is 2.42. The Morgan fingerprint density at radius 1 is 1.12 bits per heavy atom. The number of anilines is 2. The Morgan fingerprint density at radius 2 is 1.88 bits per heavy atom. The van der Waals surface area contributed by atoms with Crippen molar-refractivity contribution >= 4 is 17.0 Å². The van der Waals surface area contributed by atoms with Crippen molar-refractivity contribution in [3.8, 4) is 16.9 Å². The minimum Gasteiger partial charge on any atom is -0.488 e. The van der Waals surface area contributed by atoms with Crippen molar-refractivity contribution in [2.24, 2.45) is 7.05 Å². The summed E-state index contributed by atoms with van der Waals surface area (Å²) in [4.78, 5) is 6.86. The number of pyridine rings is 2. The largest absolute Gasteiger partial charge is 0.488 e. The molecule has 1 unspecified atom stereocenters. The maximum atomic E-state index is 13.2. The Labute approximate surface area is 228 Å². The zero-order chi connectivity index (χ0) is 28.2. The van der Waals surface area contributed by atoms with Gasteiger partial charge in [-0.3, -0.25) is 14.6 Å². The molecule has 0 aliphatic carbocycles. The number of hydrogen-bond donors (Lipinski definition) is 2. The van der Waals surface area contributed by atoms with E-state index in [0.29, 0.717) is 42.4 Å². The number of hydrogen-bond acceptors (Lipinski definition) is 8. The molecule has 212 valence electrons. The summed E-state index contributed by atoms with van der Waals surface area (Å²) in [5.74, 6) is 1.01. The summed E-state index contributed by atoms with van der Waals surface area (Å²) in [7, 11) is 3.63. The lowest BCUT2D eigenvalue weighted by molar-refractivity contribution is -0.207. The monoisotopic (exact) mass is 557 g/mol. The number of aliphatic hydroxyl groups excluding tert-OH is 1. The van der Waals surface area contributed by atoms with Crippen LogP contribution in [0.3, 0.4) is 0 Å². The van der Waals surface area contributed by atoms with Gasteiger partial charge in [-0.2, -0.15) is 23.4 Å². The number of halogens is 3. The summed E-state index contributed by atoms with van der Waals surface area (Å²) in [5, 5.41) is 20.9. The van der Waals surface area contributed by atoms with Crippen LogP contribution in [0.15, 0.2) is 42.9 Å². The van der Waals surface area contributed by atoms with E-state index in [1.165, 1.54) is 17.9 Å². The topological polar surface area (TPSA) is 102 Å². The first-order valence-electron chi connectivity index (χ1n) is 13.0. The standard InChI is InChI=1S/C27H30F3N7O3/c1-15-6-21(23(11-31-15)40-20-8-18-13-39-14-19(9-20)36(18)3)16-4-5-37-17(7-16)10-24(33-37)32-22-12-35(2)34-25(22)26(38)27(28,29)30/h4-7,10-12,18-20,26,38H,8-9,13-14H2,1-3H3,(H,32,33)/t18-,19+,20-,26?. The molecule has 6 heterocycles. The number of likely N-dealkylation sites (N-methyl/N-ethyl adjacent to an activating group) is 1. The molecule has 2 fully saturated rings. The van der Waals surface area contributed by atoms with E-state index < -0.39 is 18.0 Å². The van der Waals surface area contributed by atoms with Gasteiger partial charge in [0.05, 0.1) is 30.6 Å². The van der Waals surface area contributed by atoms with Crippen molar-refractivity contribution in [1.29, 1.82) is 0 Å². The molecule has 2 saturated heterocycles. The predicted octanol–water partition coefficient (Wildman–Crippen LogP) is 4.02. The van der Waals surface area contributed by atoms with Crippen molar-refractivity contribution in [3.63, 3.8) is 0 Å². The first-order valence-corrected chi connectivity index (χ1v) is 13.0. The minimum absolute atomic E-state index is 0.0182. The van der Waals surface area contributed by atoms with Gasteiger partial charge in [-0.25, -0.2) is 4.52 Å². The highest BCUT2D eigenvalue weighted by atomic mass is 19.4. The summed E-state index contributed by atoms with van der Waals surface area (Å²) >= 11 is 0. The number of piperidine rings is 1. The third kappa shape index (κ3) is 5.11. The molecule has 13 heteroatoms. The second-order valence-electron chi connectivity index (χ2n) is 10.5. The van der Waals surface area contributed by atoms with E-state index >= 15 is 0 Å². The summed E-state index contributed by atoms with van der Waals surface area (Å²) in [6.45, 7) is 3.33. The Bertz CT molecular complexity index is 1520. The Balaban J connectivity index is 1.27. The molecular weight excluding hydrogens is 527 g/mol. The second-order valence-corrected chi connectivity index (χ2v) is 10.5. The van der Waals surface area contributed by atoms with Crippen molar-refractivity contribution in [2.75, 3.05) is 25.6 Å². The Kier molecular flexibility index (Phi) is 6.67. The van der Waals surface area contributed by atoms with Gasteiger partial charge in [0.2, 0.25) is 0 Å². The molecule has 0 saturated carbocycles. The number of aromatic nitrogens is 5. The normalized spacial score (nSPS) is 22.4. The molecular formula is C27H30F3N7O3. The van der Waals surface area contributed by atoms with Crippen LogP contribution in [0.1, 0.15) is 30.3 Å². The van der Waals surface area contributed by atoms with Crippen LogP contribution in [0.5, 0.6) is 5.75 Å². The minimum atomic E-state index is -4.85. The molecule has 2 aliphatic heterocycles. The fourth-order valence-electron chi connectivity index (χ4n) is 5.51. The molecule has 0 radical (unpaired) electrons. The molecule has 4 aromatic rings. The average molecular weight is 558 g/mol. The SMILES string of the molecule is Cc1cc(-c2ccn3nc(Nc4cn(C)nc4C(O)C(F)(F)F)cc3c2)c(O[C@H]2C[C@H]3COC[C@@H](C2)N3C)cn1. The zero-order valence-electron chi connectivity index (χ0n) is 22.3. The molecule has 0 aromatic carbocycles. The number of rotatable bonds is 6. The van der Waals surface area contributed by atoms with E-state index in [9.17, 15) is 18.3 Å². The quantitative estimate of drug-likeness (QED) is 0.367. The highest BCUT2D eigenvalue weighted by Crippen LogP contribution is 2.37. The maximum absolute atomic E-state index is 13.2. The van der Waals surface area contributed by atoms with Crippen molar-refractivity contribution in [2.45, 2.75) is 50.2 Å². The fraction of sp³-hybridized carbons (Fsp3) is 0.444. The van der Waals surface area contributed by atoms with E-state index in [1.54, 1.807) is 23.0 Å². The number of ether oxygens (including phenoxy) is 2. The number of aryl methyl sites for hydroxylation is 2. The van der Waals surface area contributed by atoms with Crippen LogP contribution < -0.4 is 10.1 Å². The molecule has 4 atom stereocenters. The third-order valence-corrected chi connectivity index (χ3v) is 7.60. The first kappa shape index (κ1) is 26.5. The Morgan fingerprint density at radius 3 is 2.60 bits per heavy atom. The van der Waals surface area contributed by atoms with Gasteiger partial charge in [0.15, 0.2) is 11.9 Å². The zero-order valence-corrected chi connectivity index (χ0v) is 22.3. The van der Waals surface area contributed by atoms with Gasteiger partial charge in [-0.1, -0.05) is 0 Å². The van der Waals surface area contributed by atoms with Crippen molar-refractivity contribution in [3.05, 3.63) is 54.2 Å². The van der Waals surface area contributed by atoms with Crippen molar-refractivity contribution in [1.82, 2.24) is 29.3 Å². The van der Waals surface area contributed by atoms with Crippen LogP contribution >= 0.6 is 0 Å². The maximum Gasteiger partial charge on any atom is 0.420 e. The van der Waals surface area contributed by atoms with E-state index in [2.05, 4.69) is 32.4 Å². The number of morpholine rings is 1. The van der Waals surface area contributed by atoms with Crippen LogP contribution in [0.4, 0.5) is 24.7 Å². The first-order chi connectivity index (χ1) is 19.0. The summed E-state index contributed by atoms with van der Waals surface area (Å²) < 4.78 is 54.6. The molecule has 2 aliphatic rings. The van der Waals surface area contributed by atoms with Crippen LogP contribution in [-0.4, -0.2) is 79.0 Å². The highest BCUT2D eigenvalue weighted by molar-refractivity contribution is 5.75. The third-order valence-electron chi connectivity index (χ3n) is 7.60. The van der Waals surface area contributed by atoms with Crippen molar-refractivity contribution < 1.29 is 27.8 Å². The van der Waals surface area contributed by atoms with E-state index in [4.69, 9.17) is 9.47 Å². The lowest BCUT2D eigenvalue weighted by Crippen LogP contribution is -2.57. The number of alkyl halides is 3. The average Bonchev–Trinajstić information content (AvgIpc) is 3.46. The van der Waals surface area contributed by atoms with Gasteiger partial charge >= 0.3 is 6.18 Å². The van der Waals surface area contributed by atoms with Crippen LogP contribution in [0.2, 0.25) is 0 Å². The lowest BCUT2D eigenvalue weighted by atomic mass is 9.92. The summed E-state index contributed by atoms with van der Waals surface area (Å²) in [6, 6.07) is 8.19. The number of nitrogens with one attached hydrogen (secondary N) is 1. The molecule has 4 aromatic heterocycles. The molecule has 10 nitrogen and oxygen atoms in total. The second kappa shape index (κ2) is 10.1. The lowest BCUT2D eigenvalue weighted by Gasteiger charge is -2.46. The van der Waals surface area contributed by atoms with Crippen LogP contribution in [0, 0.1) is 6.92 Å². The molecule has 2 N–H and O–H groups in total. The van der Waals surface area contributed by atoms with Gasteiger partial charge in [0.25, 0.3) is 0 Å². The molecule has 6 rings (SSSR count). The van der Waals surface area contributed by atoms with Gasteiger partial charge in [-0.15, -0.1) is 0 Å². The predicted molar refractivity (Wildman–Crippen MR) is 140 cm³/mol. The van der Waals surface area contributed by atoms with E-state index in [0.717, 1.165) is 29.7 Å². The van der Waals surface area contributed by atoms with Gasteiger partial charge in [-0.05, 0) is 37.7 Å². The van der Waals surface area contributed by atoms with Gasteiger partial charge in [0.1, 0.15) is 17.5 Å². The number of fused-ring (bicyclic) bond motifs is 3. The molecule has 0 amide bonds. The van der Waals surface area contributed by atoms with E-state index in [1.807, 2.05) is 25.1 Å². The summed E-state index contributed by atoms with van der Waals surface area (Å²) in [6.07, 6.45) is -0.862. The van der Waals surface area contributed by atoms with Gasteiger partial charge < -0.3 is 19.9 Å². The van der Waals surface area contributed by atoms with Crippen LogP contribution in [-0.2, 0) is 11.8 Å². The molecule has 40 heavy (non-hydrogen) atoms. The summed E-state index contributed by atoms with van der Waals surface area (Å²) in [5.41, 5.74) is 2.85. The van der Waals surface area contributed by atoms with Crippen LogP contribution in [0.25, 0.3) is 16.6 Å². The number of aliphatic hydroxyl groups is 1. The molecule has 0 spiro atoms. The van der Waals surface area contributed by atoms with Gasteiger partial charge in [0, 0.05) is 61.7 Å². The fourth-order valence-corrected chi connectivity index (χ4v) is 5.51. The Hall–Kier alpha value is -3.68. The van der Waals surface area contributed by atoms with E-state index in [-0.39, 0.29) is 11.8 Å².